The summed E-state index contributed by atoms with van der Waals surface area (Å²) in [5, 5.41) is 14.2. The van der Waals surface area contributed by atoms with Gasteiger partial charge in [0, 0.05) is 18.6 Å². The highest BCUT2D eigenvalue weighted by atomic mass is 16.3. The van der Waals surface area contributed by atoms with E-state index in [0.717, 1.165) is 38.4 Å². The van der Waals surface area contributed by atoms with E-state index in [2.05, 4.69) is 31.0 Å². The zero-order valence-electron chi connectivity index (χ0n) is 13.0. The van der Waals surface area contributed by atoms with E-state index < -0.39 is 0 Å². The Balaban J connectivity index is 1.77. The van der Waals surface area contributed by atoms with Gasteiger partial charge < -0.3 is 15.3 Å². The minimum absolute atomic E-state index is 0.214. The Morgan fingerprint density at radius 2 is 1.89 bits per heavy atom. The second-order valence-electron chi connectivity index (χ2n) is 7.81. The zero-order chi connectivity index (χ0) is 13.9. The molecule has 2 aliphatic rings. The smallest absolute Gasteiger partial charge is 0.0774 e. The first-order chi connectivity index (χ1) is 8.86. The number of nitrogens with one attached hydrogen (secondary N) is 1. The maximum atomic E-state index is 10.5. The average Bonchev–Trinajstić information content (AvgIpc) is 2.73. The van der Waals surface area contributed by atoms with Crippen molar-refractivity contribution in [1.82, 2.24) is 10.2 Å². The van der Waals surface area contributed by atoms with Crippen LogP contribution in [0.5, 0.6) is 0 Å². The maximum Gasteiger partial charge on any atom is 0.0774 e. The van der Waals surface area contributed by atoms with Gasteiger partial charge in [0.25, 0.3) is 0 Å². The van der Waals surface area contributed by atoms with Crippen LogP contribution in [0.25, 0.3) is 0 Å². The molecule has 1 saturated carbocycles. The van der Waals surface area contributed by atoms with E-state index in [9.17, 15) is 5.11 Å². The number of nitrogens with zero attached hydrogens (tertiary/aromatic N) is 1. The fourth-order valence-corrected chi connectivity index (χ4v) is 3.52. The minimum atomic E-state index is -0.376. The summed E-state index contributed by atoms with van der Waals surface area (Å²) in [6, 6.07) is 0. The summed E-state index contributed by atoms with van der Waals surface area (Å²) in [5.41, 5.74) is -0.161. The summed E-state index contributed by atoms with van der Waals surface area (Å²) in [7, 11) is 0. The second-order valence-corrected chi connectivity index (χ2v) is 7.81. The van der Waals surface area contributed by atoms with Gasteiger partial charge in [-0.25, -0.2) is 0 Å². The van der Waals surface area contributed by atoms with Crippen LogP contribution in [0.15, 0.2) is 0 Å². The molecule has 0 bridgehead atoms. The zero-order valence-corrected chi connectivity index (χ0v) is 13.0. The van der Waals surface area contributed by atoms with E-state index in [1.807, 2.05) is 0 Å². The Kier molecular flexibility index (Phi) is 4.91. The van der Waals surface area contributed by atoms with Crippen molar-refractivity contribution in [3.8, 4) is 0 Å². The molecule has 2 fully saturated rings. The van der Waals surface area contributed by atoms with Crippen LogP contribution in [0.4, 0.5) is 0 Å². The third-order valence-corrected chi connectivity index (χ3v) is 4.58. The fraction of sp³-hybridized carbons (Fsp3) is 1.00. The van der Waals surface area contributed by atoms with Crippen molar-refractivity contribution in [3.63, 3.8) is 0 Å². The third kappa shape index (κ3) is 5.05. The first kappa shape index (κ1) is 15.3. The lowest BCUT2D eigenvalue weighted by atomic mass is 9.94. The predicted molar refractivity (Wildman–Crippen MR) is 80.3 cm³/mol. The molecule has 3 heteroatoms. The van der Waals surface area contributed by atoms with Gasteiger partial charge >= 0.3 is 0 Å². The van der Waals surface area contributed by atoms with Crippen molar-refractivity contribution >= 4 is 0 Å². The Hall–Kier alpha value is -0.120. The van der Waals surface area contributed by atoms with Crippen molar-refractivity contribution < 1.29 is 5.11 Å². The molecule has 0 aromatic rings. The van der Waals surface area contributed by atoms with Gasteiger partial charge in [-0.05, 0) is 65.5 Å². The third-order valence-electron chi connectivity index (χ3n) is 4.58. The van der Waals surface area contributed by atoms with Crippen LogP contribution in [0, 0.1) is 5.92 Å². The normalized spacial score (nSPS) is 28.7. The lowest BCUT2D eigenvalue weighted by Crippen LogP contribution is -2.48. The van der Waals surface area contributed by atoms with Crippen molar-refractivity contribution in [2.45, 2.75) is 70.4 Å². The SMILES string of the molecule is CC(C)(C)NCC1CCCN(CC2(O)CCCC2)C1. The van der Waals surface area contributed by atoms with E-state index in [-0.39, 0.29) is 11.1 Å². The van der Waals surface area contributed by atoms with Gasteiger partial charge in [0.2, 0.25) is 0 Å². The van der Waals surface area contributed by atoms with Crippen molar-refractivity contribution in [3.05, 3.63) is 0 Å². The highest BCUT2D eigenvalue weighted by Crippen LogP contribution is 2.31. The Morgan fingerprint density at radius 3 is 2.53 bits per heavy atom. The fourth-order valence-electron chi connectivity index (χ4n) is 3.52. The molecule has 2 rings (SSSR count). The molecular formula is C16H32N2O. The summed E-state index contributed by atoms with van der Waals surface area (Å²) < 4.78 is 0. The number of hydrogen-bond donors (Lipinski definition) is 2. The number of β-amino-alcohol motifs (C(OH)–C–C–N with tert-alkyl or cyclic N) is 1. The highest BCUT2D eigenvalue weighted by molar-refractivity contribution is 4.89. The molecule has 0 aromatic carbocycles. The van der Waals surface area contributed by atoms with Gasteiger partial charge in [-0.3, -0.25) is 0 Å². The standard InChI is InChI=1S/C16H32N2O/c1-15(2,3)17-11-14-7-6-10-18(12-14)13-16(19)8-4-5-9-16/h14,17,19H,4-13H2,1-3H3. The Labute approximate surface area is 118 Å². The van der Waals surface area contributed by atoms with Crippen LogP contribution in [0.3, 0.4) is 0 Å². The molecule has 112 valence electrons. The molecule has 1 aliphatic carbocycles. The van der Waals surface area contributed by atoms with Gasteiger partial charge in [0.1, 0.15) is 0 Å². The topological polar surface area (TPSA) is 35.5 Å². The lowest BCUT2D eigenvalue weighted by Gasteiger charge is -2.38. The monoisotopic (exact) mass is 268 g/mol. The van der Waals surface area contributed by atoms with E-state index in [4.69, 9.17) is 0 Å². The molecule has 1 unspecified atom stereocenters. The molecule has 0 amide bonds. The largest absolute Gasteiger partial charge is 0.389 e. The molecule has 1 heterocycles. The average molecular weight is 268 g/mol. The number of piperidine rings is 1. The summed E-state index contributed by atoms with van der Waals surface area (Å²) in [5.74, 6) is 0.748. The van der Waals surface area contributed by atoms with Gasteiger partial charge in [-0.2, -0.15) is 0 Å². The molecular weight excluding hydrogens is 236 g/mol. The van der Waals surface area contributed by atoms with Crippen LogP contribution in [-0.4, -0.2) is 47.3 Å². The summed E-state index contributed by atoms with van der Waals surface area (Å²) in [6.45, 7) is 11.0. The first-order valence-electron chi connectivity index (χ1n) is 8.06. The maximum absolute atomic E-state index is 10.5. The summed E-state index contributed by atoms with van der Waals surface area (Å²) in [6.07, 6.45) is 7.05. The number of hydrogen-bond acceptors (Lipinski definition) is 3. The molecule has 0 radical (unpaired) electrons. The highest BCUT2D eigenvalue weighted by Gasteiger charge is 2.34. The van der Waals surface area contributed by atoms with Crippen LogP contribution >= 0.6 is 0 Å². The van der Waals surface area contributed by atoms with E-state index in [1.165, 1.54) is 32.2 Å². The Bertz CT molecular complexity index is 279. The van der Waals surface area contributed by atoms with E-state index in [1.54, 1.807) is 0 Å². The van der Waals surface area contributed by atoms with Crippen LogP contribution in [0.2, 0.25) is 0 Å². The van der Waals surface area contributed by atoms with Crippen LogP contribution in [0.1, 0.15) is 59.3 Å². The molecule has 2 N–H and O–H groups in total. The molecule has 1 aliphatic heterocycles. The van der Waals surface area contributed by atoms with Gasteiger partial charge in [0.05, 0.1) is 5.60 Å². The molecule has 3 nitrogen and oxygen atoms in total. The molecule has 19 heavy (non-hydrogen) atoms. The first-order valence-corrected chi connectivity index (χ1v) is 8.06. The molecule has 0 spiro atoms. The van der Waals surface area contributed by atoms with Crippen LogP contribution in [-0.2, 0) is 0 Å². The second kappa shape index (κ2) is 6.11. The van der Waals surface area contributed by atoms with Crippen molar-refractivity contribution in [1.29, 1.82) is 0 Å². The quantitative estimate of drug-likeness (QED) is 0.822. The van der Waals surface area contributed by atoms with Gasteiger partial charge in [-0.1, -0.05) is 12.8 Å². The van der Waals surface area contributed by atoms with E-state index >= 15 is 0 Å². The number of rotatable bonds is 4. The van der Waals surface area contributed by atoms with Gasteiger partial charge in [0.15, 0.2) is 0 Å². The number of aliphatic hydroxyl groups is 1. The van der Waals surface area contributed by atoms with Gasteiger partial charge in [-0.15, -0.1) is 0 Å². The van der Waals surface area contributed by atoms with Crippen molar-refractivity contribution in [2.24, 2.45) is 5.92 Å². The summed E-state index contributed by atoms with van der Waals surface area (Å²) in [4.78, 5) is 2.50. The lowest BCUT2D eigenvalue weighted by molar-refractivity contribution is -0.00245. The van der Waals surface area contributed by atoms with E-state index in [0.29, 0.717) is 0 Å². The molecule has 0 aromatic heterocycles. The predicted octanol–water partition coefficient (Wildman–Crippen LogP) is 2.39. The molecule has 1 atom stereocenters. The minimum Gasteiger partial charge on any atom is -0.389 e. The van der Waals surface area contributed by atoms with Crippen molar-refractivity contribution in [2.75, 3.05) is 26.2 Å². The Morgan fingerprint density at radius 1 is 1.21 bits per heavy atom. The van der Waals surface area contributed by atoms with Crippen LogP contribution < -0.4 is 5.32 Å². The molecule has 1 saturated heterocycles. The summed E-state index contributed by atoms with van der Waals surface area (Å²) >= 11 is 0. The number of likely N-dealkylation sites (tertiary alicyclic amines) is 1.